The maximum absolute atomic E-state index is 5.32. The summed E-state index contributed by atoms with van der Waals surface area (Å²) >= 11 is 1.47. The number of hydrogen-bond donors (Lipinski definition) is 0. The average Bonchev–Trinajstić information content (AvgIpc) is 2.61. The fourth-order valence-corrected chi connectivity index (χ4v) is 2.62. The highest BCUT2D eigenvalue weighted by atomic mass is 32.2. The quantitative estimate of drug-likeness (QED) is 0.808. The molecule has 0 saturated carbocycles. The van der Waals surface area contributed by atoms with Gasteiger partial charge >= 0.3 is 0 Å². The molecule has 0 radical (unpaired) electrons. The number of rotatable bonds is 2. The minimum atomic E-state index is 0.00239. The normalized spacial score (nSPS) is 10.9. The van der Waals surface area contributed by atoms with Gasteiger partial charge < -0.3 is 4.74 Å². The van der Waals surface area contributed by atoms with E-state index in [1.54, 1.807) is 7.11 Å². The topological polar surface area (TPSA) is 34.5 Å². The van der Waals surface area contributed by atoms with Crippen molar-refractivity contribution in [2.75, 3.05) is 19.6 Å². The Morgan fingerprint density at radius 2 is 2.20 bits per heavy atom. The van der Waals surface area contributed by atoms with Crippen LogP contribution in [0.15, 0.2) is 22.6 Å². The molecule has 15 heavy (non-hydrogen) atoms. The van der Waals surface area contributed by atoms with Gasteiger partial charge in [-0.15, -0.1) is 0 Å². The summed E-state index contributed by atoms with van der Waals surface area (Å²) in [5.41, 5.74) is 0. The lowest BCUT2D eigenvalue weighted by Gasteiger charge is -2.01. The number of ether oxygens (including phenoxy) is 1. The Morgan fingerprint density at radius 1 is 1.40 bits per heavy atom. The third-order valence-electron chi connectivity index (χ3n) is 1.93. The van der Waals surface area contributed by atoms with Gasteiger partial charge in [0, 0.05) is 0 Å². The Bertz CT molecular complexity index is 515. The number of aromatic nitrogens is 1. The summed E-state index contributed by atoms with van der Waals surface area (Å²) in [4.78, 5) is 0. The van der Waals surface area contributed by atoms with Crippen LogP contribution in [0.4, 0.5) is 5.82 Å². The van der Waals surface area contributed by atoms with Crippen molar-refractivity contribution in [2.45, 2.75) is 0 Å². The Hall–Kier alpha value is -0.940. The van der Waals surface area contributed by atoms with Gasteiger partial charge in [0.1, 0.15) is 5.75 Å². The first-order chi connectivity index (χ1) is 7.22. The van der Waals surface area contributed by atoms with E-state index in [9.17, 15) is 0 Å². The first kappa shape index (κ1) is 10.6. The van der Waals surface area contributed by atoms with Crippen LogP contribution in [-0.4, -0.2) is 24.0 Å². The van der Waals surface area contributed by atoms with E-state index in [1.165, 1.54) is 11.5 Å². The summed E-state index contributed by atoms with van der Waals surface area (Å²) < 4.78 is 15.3. The molecule has 2 aromatic rings. The molecular formula is C10H12N2OS2. The monoisotopic (exact) mass is 240 g/mol. The highest BCUT2D eigenvalue weighted by Gasteiger charge is 2.09. The van der Waals surface area contributed by atoms with Crippen molar-refractivity contribution in [3.8, 4) is 5.75 Å². The molecule has 0 amide bonds. The van der Waals surface area contributed by atoms with Crippen molar-refractivity contribution in [1.29, 1.82) is 0 Å². The zero-order valence-electron chi connectivity index (χ0n) is 8.85. The van der Waals surface area contributed by atoms with E-state index in [1.807, 2.05) is 18.2 Å². The number of fused-ring (bicyclic) bond motifs is 1. The molecule has 0 spiro atoms. The van der Waals surface area contributed by atoms with E-state index >= 15 is 0 Å². The summed E-state index contributed by atoms with van der Waals surface area (Å²) in [5, 5.41) is 1.03. The summed E-state index contributed by atoms with van der Waals surface area (Å²) in [6, 6.07) is 5.96. The molecule has 0 fully saturated rings. The largest absolute Gasteiger partial charge is 0.496 e. The fraction of sp³-hybridized carbons (Fsp3) is 0.300. The van der Waals surface area contributed by atoms with E-state index in [0.29, 0.717) is 0 Å². The predicted molar refractivity (Wildman–Crippen MR) is 67.5 cm³/mol. The molecule has 5 heteroatoms. The van der Waals surface area contributed by atoms with Crippen LogP contribution in [0.3, 0.4) is 0 Å². The van der Waals surface area contributed by atoms with Crippen LogP contribution >= 0.6 is 11.5 Å². The first-order valence-electron chi connectivity index (χ1n) is 4.44. The lowest BCUT2D eigenvalue weighted by atomic mass is 10.2. The van der Waals surface area contributed by atoms with E-state index in [2.05, 4.69) is 21.2 Å². The van der Waals surface area contributed by atoms with E-state index in [4.69, 9.17) is 4.74 Å². The maximum atomic E-state index is 5.32. The number of hydrogen-bond acceptors (Lipinski definition) is 4. The first-order valence-corrected chi connectivity index (χ1v) is 7.21. The summed E-state index contributed by atoms with van der Waals surface area (Å²) in [5.74, 6) is 1.66. The maximum Gasteiger partial charge on any atom is 0.183 e. The third-order valence-corrected chi connectivity index (χ3v) is 3.27. The molecule has 0 unspecified atom stereocenters. The molecule has 1 aromatic carbocycles. The highest BCUT2D eigenvalue weighted by molar-refractivity contribution is 7.85. The minimum Gasteiger partial charge on any atom is -0.496 e. The van der Waals surface area contributed by atoms with Gasteiger partial charge in [0.15, 0.2) is 5.82 Å². The molecule has 0 aliphatic carbocycles. The van der Waals surface area contributed by atoms with Crippen LogP contribution < -0.4 is 4.74 Å². The molecule has 1 heterocycles. The number of nitrogens with zero attached hydrogens (tertiary/aromatic N) is 2. The Balaban J connectivity index is 2.71. The second-order valence-corrected chi connectivity index (χ2v) is 5.74. The second-order valence-electron chi connectivity index (χ2n) is 3.20. The lowest BCUT2D eigenvalue weighted by Crippen LogP contribution is -1.83. The van der Waals surface area contributed by atoms with Crippen LogP contribution in [-0.2, 0) is 10.7 Å². The molecule has 2 rings (SSSR count). The summed E-state index contributed by atoms with van der Waals surface area (Å²) in [7, 11) is 1.68. The summed E-state index contributed by atoms with van der Waals surface area (Å²) in [6.07, 6.45) is 4.14. The molecule has 80 valence electrons. The van der Waals surface area contributed by atoms with Crippen LogP contribution in [0.1, 0.15) is 0 Å². The van der Waals surface area contributed by atoms with Gasteiger partial charge in [-0.05, 0) is 36.2 Å². The van der Waals surface area contributed by atoms with Gasteiger partial charge in [-0.1, -0.05) is 16.8 Å². The van der Waals surface area contributed by atoms with E-state index in [-0.39, 0.29) is 10.7 Å². The van der Waals surface area contributed by atoms with Crippen molar-refractivity contribution in [2.24, 2.45) is 4.36 Å². The van der Waals surface area contributed by atoms with Crippen LogP contribution in [0, 0.1) is 0 Å². The molecule has 0 aliphatic heterocycles. The number of methoxy groups -OCH3 is 1. The molecule has 0 saturated heterocycles. The molecule has 0 bridgehead atoms. The minimum absolute atomic E-state index is 0.00239. The van der Waals surface area contributed by atoms with Crippen LogP contribution in [0.2, 0.25) is 0 Å². The summed E-state index contributed by atoms with van der Waals surface area (Å²) in [6.45, 7) is 0. The van der Waals surface area contributed by atoms with Crippen LogP contribution in [0.25, 0.3) is 10.1 Å². The van der Waals surface area contributed by atoms with Gasteiger partial charge in [-0.2, -0.15) is 4.37 Å². The number of benzene rings is 1. The predicted octanol–water partition coefficient (Wildman–Crippen LogP) is 3.00. The molecule has 0 atom stereocenters. The molecule has 0 aliphatic rings. The zero-order valence-corrected chi connectivity index (χ0v) is 10.5. The standard InChI is InChI=1S/C10H12N2OS2/c1-13-7-5-4-6-8-9(7)10(11-14-8)12-15(2)3/h4-6H,1-3H3. The van der Waals surface area contributed by atoms with Gasteiger partial charge in [-0.3, -0.25) is 0 Å². The lowest BCUT2D eigenvalue weighted by molar-refractivity contribution is 0.420. The Morgan fingerprint density at radius 3 is 2.87 bits per heavy atom. The van der Waals surface area contributed by atoms with Crippen molar-refractivity contribution in [3.05, 3.63) is 18.2 Å². The van der Waals surface area contributed by atoms with Gasteiger partial charge in [-0.25, -0.2) is 4.36 Å². The third kappa shape index (κ3) is 2.03. The van der Waals surface area contributed by atoms with Gasteiger partial charge in [0.25, 0.3) is 0 Å². The molecule has 3 nitrogen and oxygen atoms in total. The van der Waals surface area contributed by atoms with Crippen LogP contribution in [0.5, 0.6) is 5.75 Å². The molecular weight excluding hydrogens is 228 g/mol. The Kier molecular flexibility index (Phi) is 3.02. The van der Waals surface area contributed by atoms with Crippen molar-refractivity contribution in [3.63, 3.8) is 0 Å². The SMILES string of the molecule is COc1cccc2snc(N=S(C)C)c12. The van der Waals surface area contributed by atoms with E-state index in [0.717, 1.165) is 21.7 Å². The van der Waals surface area contributed by atoms with Gasteiger partial charge in [0.2, 0.25) is 0 Å². The van der Waals surface area contributed by atoms with Crippen molar-refractivity contribution < 1.29 is 4.74 Å². The van der Waals surface area contributed by atoms with E-state index < -0.39 is 0 Å². The fourth-order valence-electron chi connectivity index (χ4n) is 1.35. The van der Waals surface area contributed by atoms with Gasteiger partial charge in [0.05, 0.1) is 17.2 Å². The van der Waals surface area contributed by atoms with Crippen molar-refractivity contribution in [1.82, 2.24) is 4.37 Å². The molecule has 0 N–H and O–H groups in total. The zero-order chi connectivity index (χ0) is 10.8. The highest BCUT2D eigenvalue weighted by Crippen LogP contribution is 2.36. The average molecular weight is 240 g/mol. The smallest absolute Gasteiger partial charge is 0.183 e. The van der Waals surface area contributed by atoms with Crippen molar-refractivity contribution >= 4 is 38.1 Å². The Labute approximate surface area is 95.3 Å². The molecule has 1 aromatic heterocycles. The second kappa shape index (κ2) is 4.28.